The van der Waals surface area contributed by atoms with Gasteiger partial charge in [0.25, 0.3) is 0 Å². The maximum absolute atomic E-state index is 12.0. The molecule has 0 aromatic carbocycles. The first-order chi connectivity index (χ1) is 7.31. The van der Waals surface area contributed by atoms with Gasteiger partial charge in [0, 0.05) is 32.1 Å². The second-order valence-electron chi connectivity index (χ2n) is 4.45. The molecule has 0 aromatic rings. The van der Waals surface area contributed by atoms with E-state index in [4.69, 9.17) is 0 Å². The Morgan fingerprint density at radius 1 is 1.07 bits per heavy atom. The Morgan fingerprint density at radius 2 is 1.67 bits per heavy atom. The highest BCUT2D eigenvalue weighted by atomic mass is 16.2. The van der Waals surface area contributed by atoms with Gasteiger partial charge in [0.15, 0.2) is 0 Å². The van der Waals surface area contributed by atoms with Crippen LogP contribution in [-0.4, -0.2) is 48.3 Å². The van der Waals surface area contributed by atoms with Crippen LogP contribution in [0, 0.1) is 5.92 Å². The molecule has 84 valence electrons. The van der Waals surface area contributed by atoms with Crippen molar-refractivity contribution in [2.24, 2.45) is 5.92 Å². The van der Waals surface area contributed by atoms with Crippen LogP contribution in [0.15, 0.2) is 0 Å². The summed E-state index contributed by atoms with van der Waals surface area (Å²) in [6.45, 7) is 2.83. The summed E-state index contributed by atoms with van der Waals surface area (Å²) in [6.07, 6.45) is 5.40. The molecule has 4 nitrogen and oxygen atoms in total. The van der Waals surface area contributed by atoms with Crippen molar-refractivity contribution in [1.82, 2.24) is 9.80 Å². The minimum absolute atomic E-state index is 0.271. The maximum atomic E-state index is 12.0. The lowest BCUT2D eigenvalue weighted by atomic mass is 10.1. The van der Waals surface area contributed by atoms with Gasteiger partial charge in [-0.15, -0.1) is 0 Å². The van der Waals surface area contributed by atoms with Crippen LogP contribution in [0.1, 0.15) is 25.7 Å². The SMILES string of the molecule is O=CN1CCN(C(=O)C2CCCC2)CC1. The van der Waals surface area contributed by atoms with E-state index >= 15 is 0 Å². The van der Waals surface area contributed by atoms with Gasteiger partial charge in [0.2, 0.25) is 12.3 Å². The van der Waals surface area contributed by atoms with E-state index in [-0.39, 0.29) is 5.92 Å². The van der Waals surface area contributed by atoms with Crippen LogP contribution in [0.2, 0.25) is 0 Å². The molecule has 1 saturated heterocycles. The van der Waals surface area contributed by atoms with Crippen molar-refractivity contribution in [1.29, 1.82) is 0 Å². The van der Waals surface area contributed by atoms with Crippen molar-refractivity contribution in [3.63, 3.8) is 0 Å². The van der Waals surface area contributed by atoms with Gasteiger partial charge < -0.3 is 9.80 Å². The highest BCUT2D eigenvalue weighted by Crippen LogP contribution is 2.26. The Hall–Kier alpha value is -1.06. The summed E-state index contributed by atoms with van der Waals surface area (Å²) in [5.41, 5.74) is 0. The fraction of sp³-hybridized carbons (Fsp3) is 0.818. The molecular formula is C11H18N2O2. The molecule has 0 N–H and O–H groups in total. The summed E-state index contributed by atoms with van der Waals surface area (Å²) < 4.78 is 0. The van der Waals surface area contributed by atoms with Crippen LogP contribution in [0.3, 0.4) is 0 Å². The van der Waals surface area contributed by atoms with Gasteiger partial charge in [-0.05, 0) is 12.8 Å². The standard InChI is InChI=1S/C11H18N2O2/c14-9-12-5-7-13(8-6-12)11(15)10-3-1-2-4-10/h9-10H,1-8H2. The van der Waals surface area contributed by atoms with Crippen LogP contribution < -0.4 is 0 Å². The van der Waals surface area contributed by atoms with Crippen LogP contribution in [0.4, 0.5) is 0 Å². The molecule has 0 aromatic heterocycles. The van der Waals surface area contributed by atoms with Gasteiger partial charge in [0.05, 0.1) is 0 Å². The van der Waals surface area contributed by atoms with Crippen LogP contribution >= 0.6 is 0 Å². The Balaban J connectivity index is 1.84. The van der Waals surface area contributed by atoms with Gasteiger partial charge in [-0.1, -0.05) is 12.8 Å². The van der Waals surface area contributed by atoms with Crippen molar-refractivity contribution in [2.45, 2.75) is 25.7 Å². The third-order valence-corrected chi connectivity index (χ3v) is 3.48. The zero-order valence-corrected chi connectivity index (χ0v) is 9.02. The minimum atomic E-state index is 0.271. The predicted octanol–water partition coefficient (Wildman–Crippen LogP) is 0.477. The zero-order valence-electron chi connectivity index (χ0n) is 9.02. The molecule has 2 fully saturated rings. The Labute approximate surface area is 90.2 Å². The van der Waals surface area contributed by atoms with Gasteiger partial charge in [-0.2, -0.15) is 0 Å². The van der Waals surface area contributed by atoms with Crippen LogP contribution in [-0.2, 0) is 9.59 Å². The molecule has 1 saturated carbocycles. The number of piperazine rings is 1. The number of nitrogens with zero attached hydrogens (tertiary/aromatic N) is 2. The summed E-state index contributed by atoms with van der Waals surface area (Å²) in [4.78, 5) is 26.2. The summed E-state index contributed by atoms with van der Waals surface area (Å²) in [5.74, 6) is 0.589. The van der Waals surface area contributed by atoms with E-state index in [1.807, 2.05) is 4.90 Å². The average Bonchev–Trinajstić information content (AvgIpc) is 2.82. The molecule has 0 atom stereocenters. The molecular weight excluding hydrogens is 192 g/mol. The topological polar surface area (TPSA) is 40.6 Å². The fourth-order valence-corrected chi connectivity index (χ4v) is 2.48. The lowest BCUT2D eigenvalue weighted by Gasteiger charge is -2.34. The van der Waals surface area contributed by atoms with E-state index in [2.05, 4.69) is 0 Å². The summed E-state index contributed by atoms with van der Waals surface area (Å²) in [6, 6.07) is 0. The highest BCUT2D eigenvalue weighted by Gasteiger charge is 2.28. The van der Waals surface area contributed by atoms with Crippen molar-refractivity contribution < 1.29 is 9.59 Å². The van der Waals surface area contributed by atoms with E-state index in [1.54, 1.807) is 4.90 Å². The van der Waals surface area contributed by atoms with Crippen molar-refractivity contribution in [3.8, 4) is 0 Å². The van der Waals surface area contributed by atoms with E-state index in [0.29, 0.717) is 32.1 Å². The molecule has 1 heterocycles. The van der Waals surface area contributed by atoms with E-state index in [0.717, 1.165) is 19.3 Å². The lowest BCUT2D eigenvalue weighted by molar-refractivity contribution is -0.138. The second kappa shape index (κ2) is 4.64. The first-order valence-electron chi connectivity index (χ1n) is 5.79. The van der Waals surface area contributed by atoms with E-state index in [9.17, 15) is 9.59 Å². The Bertz CT molecular complexity index is 241. The average molecular weight is 210 g/mol. The predicted molar refractivity (Wildman–Crippen MR) is 56.2 cm³/mol. The first-order valence-corrected chi connectivity index (χ1v) is 5.79. The number of amides is 2. The number of hydrogen-bond donors (Lipinski definition) is 0. The van der Waals surface area contributed by atoms with Crippen molar-refractivity contribution in [2.75, 3.05) is 26.2 Å². The fourth-order valence-electron chi connectivity index (χ4n) is 2.48. The van der Waals surface area contributed by atoms with E-state index in [1.165, 1.54) is 12.8 Å². The molecule has 0 radical (unpaired) electrons. The molecule has 4 heteroatoms. The highest BCUT2D eigenvalue weighted by molar-refractivity contribution is 5.79. The molecule has 2 rings (SSSR count). The molecule has 0 unspecified atom stereocenters. The lowest BCUT2D eigenvalue weighted by Crippen LogP contribution is -2.49. The minimum Gasteiger partial charge on any atom is -0.342 e. The molecule has 1 aliphatic heterocycles. The maximum Gasteiger partial charge on any atom is 0.225 e. The molecule has 15 heavy (non-hydrogen) atoms. The van der Waals surface area contributed by atoms with Crippen molar-refractivity contribution in [3.05, 3.63) is 0 Å². The van der Waals surface area contributed by atoms with Gasteiger partial charge in [0.1, 0.15) is 0 Å². The first kappa shape index (κ1) is 10.5. The number of carbonyl (C=O) groups excluding carboxylic acids is 2. The van der Waals surface area contributed by atoms with Gasteiger partial charge in [-0.3, -0.25) is 9.59 Å². The smallest absolute Gasteiger partial charge is 0.225 e. The molecule has 2 amide bonds. The Kier molecular flexibility index (Phi) is 3.23. The van der Waals surface area contributed by atoms with Gasteiger partial charge >= 0.3 is 0 Å². The summed E-state index contributed by atoms with van der Waals surface area (Å²) >= 11 is 0. The third-order valence-electron chi connectivity index (χ3n) is 3.48. The molecule has 0 bridgehead atoms. The molecule has 0 spiro atoms. The third kappa shape index (κ3) is 2.30. The number of rotatable bonds is 2. The normalized spacial score (nSPS) is 23.2. The summed E-state index contributed by atoms with van der Waals surface area (Å²) in [7, 11) is 0. The molecule has 2 aliphatic rings. The quantitative estimate of drug-likeness (QED) is 0.622. The Morgan fingerprint density at radius 3 is 2.20 bits per heavy atom. The zero-order chi connectivity index (χ0) is 10.7. The van der Waals surface area contributed by atoms with Gasteiger partial charge in [-0.25, -0.2) is 0 Å². The van der Waals surface area contributed by atoms with Crippen molar-refractivity contribution >= 4 is 12.3 Å². The number of carbonyl (C=O) groups is 2. The molecule has 1 aliphatic carbocycles. The second-order valence-corrected chi connectivity index (χ2v) is 4.45. The van der Waals surface area contributed by atoms with E-state index < -0.39 is 0 Å². The largest absolute Gasteiger partial charge is 0.342 e. The summed E-state index contributed by atoms with van der Waals surface area (Å²) in [5, 5.41) is 0. The monoisotopic (exact) mass is 210 g/mol. The van der Waals surface area contributed by atoms with Crippen LogP contribution in [0.25, 0.3) is 0 Å². The number of hydrogen-bond acceptors (Lipinski definition) is 2. The van der Waals surface area contributed by atoms with Crippen LogP contribution in [0.5, 0.6) is 0 Å².